The van der Waals surface area contributed by atoms with E-state index >= 15 is 0 Å². The van der Waals surface area contributed by atoms with E-state index in [1.54, 1.807) is 4.72 Å². The number of rotatable bonds is 4. The van der Waals surface area contributed by atoms with Crippen molar-refractivity contribution in [2.24, 2.45) is 7.05 Å². The van der Waals surface area contributed by atoms with E-state index in [1.807, 2.05) is 0 Å². The number of aromatic nitrogens is 1. The first-order chi connectivity index (χ1) is 9.74. The van der Waals surface area contributed by atoms with E-state index in [0.29, 0.717) is 17.8 Å². The summed E-state index contributed by atoms with van der Waals surface area (Å²) in [5, 5.41) is 9.01. The lowest BCUT2D eigenvalue weighted by Gasteiger charge is -2.08. The third-order valence-corrected chi connectivity index (χ3v) is 4.12. The first-order valence-electron chi connectivity index (χ1n) is 5.68. The van der Waals surface area contributed by atoms with Crippen molar-refractivity contribution in [2.75, 3.05) is 4.72 Å². The van der Waals surface area contributed by atoms with Gasteiger partial charge in [-0.1, -0.05) is 0 Å². The van der Waals surface area contributed by atoms with Crippen molar-refractivity contribution in [1.29, 1.82) is 0 Å². The summed E-state index contributed by atoms with van der Waals surface area (Å²) in [6.45, 7) is -0.394. The molecule has 2 N–H and O–H groups in total. The first-order valence-corrected chi connectivity index (χ1v) is 7.16. The number of aliphatic hydroxyl groups excluding tert-OH is 1. The van der Waals surface area contributed by atoms with Gasteiger partial charge in [0.25, 0.3) is 10.0 Å². The molecule has 0 aliphatic rings. The number of benzene rings is 1. The van der Waals surface area contributed by atoms with E-state index in [0.717, 1.165) is 6.07 Å². The van der Waals surface area contributed by atoms with Crippen molar-refractivity contribution in [3.8, 4) is 0 Å². The molecule has 114 valence electrons. The second-order valence-corrected chi connectivity index (χ2v) is 5.97. The van der Waals surface area contributed by atoms with Crippen LogP contribution in [0.4, 0.5) is 18.9 Å². The predicted octanol–water partition coefficient (Wildman–Crippen LogP) is 1.74. The highest BCUT2D eigenvalue weighted by Gasteiger charge is 2.21. The summed E-state index contributed by atoms with van der Waals surface area (Å²) < 4.78 is 66.8. The maximum atomic E-state index is 13.5. The van der Waals surface area contributed by atoms with Crippen LogP contribution in [0.1, 0.15) is 5.69 Å². The molecule has 0 saturated carbocycles. The van der Waals surface area contributed by atoms with Crippen molar-refractivity contribution < 1.29 is 26.7 Å². The molecule has 1 aromatic heterocycles. The standard InChI is InChI=1S/C12H11F3N2O3S/c1-17-5-9(4-8(17)6-18)21(19,20)16-11-3-7(13)2-10(14)12(11)15/h2-5,16,18H,6H2,1H3. The van der Waals surface area contributed by atoms with Gasteiger partial charge in [0.15, 0.2) is 11.6 Å². The van der Waals surface area contributed by atoms with Gasteiger partial charge in [-0.25, -0.2) is 21.6 Å². The zero-order valence-electron chi connectivity index (χ0n) is 10.8. The molecule has 0 radical (unpaired) electrons. The third-order valence-electron chi connectivity index (χ3n) is 2.79. The summed E-state index contributed by atoms with van der Waals surface area (Å²) in [5.74, 6) is -4.12. The van der Waals surface area contributed by atoms with Crippen LogP contribution in [0.25, 0.3) is 0 Å². The second kappa shape index (κ2) is 5.41. The molecule has 0 spiro atoms. The fraction of sp³-hybridized carbons (Fsp3) is 0.167. The predicted molar refractivity (Wildman–Crippen MR) is 68.5 cm³/mol. The molecular formula is C12H11F3N2O3S. The molecule has 1 aromatic carbocycles. The summed E-state index contributed by atoms with van der Waals surface area (Å²) >= 11 is 0. The smallest absolute Gasteiger partial charge is 0.263 e. The van der Waals surface area contributed by atoms with Gasteiger partial charge < -0.3 is 9.67 Å². The SMILES string of the molecule is Cn1cc(S(=O)(=O)Nc2cc(F)cc(F)c2F)cc1CO. The molecule has 0 fully saturated rings. The van der Waals surface area contributed by atoms with Crippen LogP contribution in [0.5, 0.6) is 0 Å². The largest absolute Gasteiger partial charge is 0.390 e. The normalized spacial score (nSPS) is 11.7. The molecule has 5 nitrogen and oxygen atoms in total. The lowest BCUT2D eigenvalue weighted by molar-refractivity contribution is 0.272. The van der Waals surface area contributed by atoms with Gasteiger partial charge in [0.2, 0.25) is 0 Å². The van der Waals surface area contributed by atoms with E-state index in [-0.39, 0.29) is 4.90 Å². The van der Waals surface area contributed by atoms with E-state index in [4.69, 9.17) is 5.11 Å². The van der Waals surface area contributed by atoms with Crippen LogP contribution in [0, 0.1) is 17.5 Å². The number of halogens is 3. The van der Waals surface area contributed by atoms with Gasteiger partial charge >= 0.3 is 0 Å². The Kier molecular flexibility index (Phi) is 3.97. The minimum atomic E-state index is -4.24. The molecule has 0 saturated heterocycles. The molecule has 0 aliphatic carbocycles. The zero-order chi connectivity index (χ0) is 15.8. The molecule has 2 aromatic rings. The molecule has 21 heavy (non-hydrogen) atoms. The topological polar surface area (TPSA) is 71.3 Å². The van der Waals surface area contributed by atoms with Crippen molar-refractivity contribution in [3.05, 3.63) is 47.5 Å². The Morgan fingerprint density at radius 3 is 2.48 bits per heavy atom. The Hall–Kier alpha value is -2.00. The van der Waals surface area contributed by atoms with Crippen LogP contribution in [0.2, 0.25) is 0 Å². The maximum absolute atomic E-state index is 13.5. The highest BCUT2D eigenvalue weighted by atomic mass is 32.2. The molecule has 0 atom stereocenters. The van der Waals surface area contributed by atoms with Gasteiger partial charge in [-0.15, -0.1) is 0 Å². The Balaban J connectivity index is 2.42. The Morgan fingerprint density at radius 2 is 1.90 bits per heavy atom. The molecule has 0 aliphatic heterocycles. The molecular weight excluding hydrogens is 309 g/mol. The van der Waals surface area contributed by atoms with E-state index in [2.05, 4.69) is 0 Å². The van der Waals surface area contributed by atoms with Crippen molar-refractivity contribution in [2.45, 2.75) is 11.5 Å². The number of aliphatic hydroxyl groups is 1. The lowest BCUT2D eigenvalue weighted by Crippen LogP contribution is -2.14. The third kappa shape index (κ3) is 3.03. The molecule has 0 amide bonds. The quantitative estimate of drug-likeness (QED) is 0.843. The summed E-state index contributed by atoms with van der Waals surface area (Å²) in [6, 6.07) is 2.00. The molecule has 1 heterocycles. The first kappa shape index (κ1) is 15.4. The van der Waals surface area contributed by atoms with Gasteiger partial charge in [0.05, 0.1) is 12.3 Å². The number of nitrogens with zero attached hydrogens (tertiary/aromatic N) is 1. The summed E-state index contributed by atoms with van der Waals surface area (Å²) in [7, 11) is -2.73. The number of nitrogens with one attached hydrogen (secondary N) is 1. The van der Waals surface area contributed by atoms with Gasteiger partial charge in [-0.05, 0) is 6.07 Å². The van der Waals surface area contributed by atoms with Gasteiger partial charge in [-0.3, -0.25) is 4.72 Å². The monoisotopic (exact) mass is 320 g/mol. The van der Waals surface area contributed by atoms with Gasteiger partial charge in [0.1, 0.15) is 10.7 Å². The van der Waals surface area contributed by atoms with Crippen LogP contribution in [0.3, 0.4) is 0 Å². The summed E-state index contributed by atoms with van der Waals surface area (Å²) in [4.78, 5) is -0.266. The fourth-order valence-electron chi connectivity index (χ4n) is 1.72. The van der Waals surface area contributed by atoms with Crippen molar-refractivity contribution >= 4 is 15.7 Å². The number of anilines is 1. The van der Waals surface area contributed by atoms with Crippen molar-refractivity contribution in [3.63, 3.8) is 0 Å². The number of hydrogen-bond donors (Lipinski definition) is 2. The fourth-order valence-corrected chi connectivity index (χ4v) is 2.86. The Labute approximate surface area is 118 Å². The highest BCUT2D eigenvalue weighted by Crippen LogP contribution is 2.23. The Morgan fingerprint density at radius 1 is 1.24 bits per heavy atom. The van der Waals surface area contributed by atoms with Gasteiger partial charge in [-0.2, -0.15) is 0 Å². The molecule has 9 heteroatoms. The molecule has 2 rings (SSSR count). The van der Waals surface area contributed by atoms with Crippen LogP contribution in [-0.4, -0.2) is 18.1 Å². The Bertz CT molecular complexity index is 787. The summed E-state index contributed by atoms with van der Waals surface area (Å²) in [5.41, 5.74) is -0.525. The minimum Gasteiger partial charge on any atom is -0.390 e. The van der Waals surface area contributed by atoms with E-state index in [1.165, 1.54) is 17.8 Å². The molecule has 0 unspecified atom stereocenters. The number of hydrogen-bond acceptors (Lipinski definition) is 3. The lowest BCUT2D eigenvalue weighted by atomic mass is 10.3. The maximum Gasteiger partial charge on any atom is 0.263 e. The van der Waals surface area contributed by atoms with E-state index < -0.39 is 39.8 Å². The van der Waals surface area contributed by atoms with Gasteiger partial charge in [0, 0.05) is 31.1 Å². The summed E-state index contributed by atoms with van der Waals surface area (Å²) in [6.07, 6.45) is 1.18. The zero-order valence-corrected chi connectivity index (χ0v) is 11.6. The van der Waals surface area contributed by atoms with Crippen molar-refractivity contribution in [1.82, 2.24) is 4.57 Å². The minimum absolute atomic E-state index is 0.266. The van der Waals surface area contributed by atoms with E-state index in [9.17, 15) is 21.6 Å². The highest BCUT2D eigenvalue weighted by molar-refractivity contribution is 7.92. The average molecular weight is 320 g/mol. The van der Waals surface area contributed by atoms with Crippen LogP contribution in [0.15, 0.2) is 29.3 Å². The second-order valence-electron chi connectivity index (χ2n) is 4.29. The van der Waals surface area contributed by atoms with Crippen LogP contribution in [-0.2, 0) is 23.7 Å². The number of sulfonamides is 1. The number of aryl methyl sites for hydroxylation is 1. The average Bonchev–Trinajstić information content (AvgIpc) is 2.77. The van der Waals surface area contributed by atoms with Crippen LogP contribution >= 0.6 is 0 Å². The molecule has 0 bridgehead atoms. The van der Waals surface area contributed by atoms with Crippen LogP contribution < -0.4 is 4.72 Å².